The van der Waals surface area contributed by atoms with Gasteiger partial charge in [-0.1, -0.05) is 31.4 Å². The van der Waals surface area contributed by atoms with Gasteiger partial charge in [0, 0.05) is 18.7 Å². The smallest absolute Gasteiger partial charge is 0.309 e. The topological polar surface area (TPSA) is 76.0 Å². The normalized spacial score (nSPS) is 23.0. The highest BCUT2D eigenvalue weighted by molar-refractivity contribution is 7.90. The van der Waals surface area contributed by atoms with Crippen LogP contribution in [-0.4, -0.2) is 44.8 Å². The van der Waals surface area contributed by atoms with E-state index in [0.717, 1.165) is 0 Å². The Balaban J connectivity index is 1.33. The van der Waals surface area contributed by atoms with Gasteiger partial charge in [0.15, 0.2) is 5.84 Å². The molecule has 0 aromatic heterocycles. The minimum Gasteiger partial charge on any atom is -0.465 e. The first-order valence-corrected chi connectivity index (χ1v) is 11.3. The van der Waals surface area contributed by atoms with Crippen molar-refractivity contribution in [2.24, 2.45) is 16.2 Å². The number of piperidine rings is 1. The Morgan fingerprint density at radius 3 is 2.52 bits per heavy atom. The molecule has 0 N–H and O–H groups in total. The first-order chi connectivity index (χ1) is 13.0. The number of carbonyl (C=O) groups is 1. The number of ether oxygens (including phenoxy) is 1. The Morgan fingerprint density at radius 1 is 1.07 bits per heavy atom. The molecule has 3 aliphatic rings. The molecule has 0 unspecified atom stereocenters. The van der Waals surface area contributed by atoms with E-state index in [-0.39, 0.29) is 16.8 Å². The van der Waals surface area contributed by atoms with Gasteiger partial charge in [-0.2, -0.15) is 8.42 Å². The average molecular weight is 391 g/mol. The number of benzene rings is 1. The molecule has 2 heterocycles. The number of nitrogens with zero attached hydrogens (tertiary/aromatic N) is 2. The van der Waals surface area contributed by atoms with Gasteiger partial charge in [0.2, 0.25) is 0 Å². The van der Waals surface area contributed by atoms with Crippen molar-refractivity contribution in [3.8, 4) is 0 Å². The maximum Gasteiger partial charge on any atom is 0.309 e. The highest BCUT2D eigenvalue weighted by atomic mass is 32.2. The molecule has 2 aliphatic heterocycles. The molecule has 27 heavy (non-hydrogen) atoms. The lowest BCUT2D eigenvalue weighted by molar-refractivity contribution is -0.151. The molecule has 1 saturated carbocycles. The van der Waals surface area contributed by atoms with Gasteiger partial charge < -0.3 is 9.64 Å². The van der Waals surface area contributed by atoms with E-state index in [1.165, 1.54) is 32.1 Å². The minimum atomic E-state index is -3.60. The van der Waals surface area contributed by atoms with Gasteiger partial charge in [0.05, 0.1) is 12.5 Å². The molecular weight excluding hydrogens is 364 g/mol. The van der Waals surface area contributed by atoms with E-state index in [1.807, 2.05) is 11.0 Å². The number of hydrogen-bond donors (Lipinski definition) is 0. The van der Waals surface area contributed by atoms with Crippen LogP contribution in [0, 0.1) is 11.8 Å². The highest BCUT2D eigenvalue weighted by Crippen LogP contribution is 2.30. The van der Waals surface area contributed by atoms with E-state index in [0.29, 0.717) is 49.9 Å². The molecule has 4 rings (SSSR count). The third-order valence-corrected chi connectivity index (χ3v) is 7.25. The number of fused-ring (bicyclic) bond motifs is 1. The minimum absolute atomic E-state index is 0.0957. The standard InChI is InChI=1S/C20H26N2O4S/c23-20(26-14-15-6-2-1-3-7-15)16-10-12-22(13-11-16)19-17-8-4-5-9-18(17)27(24,25)21-19/h4-5,8-9,15-16H,1-3,6-7,10-14H2. The van der Waals surface area contributed by atoms with Crippen molar-refractivity contribution < 1.29 is 17.9 Å². The SMILES string of the molecule is O=C(OCC1CCCCC1)C1CCN(C2=NS(=O)(=O)c3ccccc32)CC1. The number of likely N-dealkylation sites (tertiary alicyclic amines) is 1. The van der Waals surface area contributed by atoms with E-state index < -0.39 is 10.0 Å². The molecule has 1 aliphatic carbocycles. The Morgan fingerprint density at radius 2 is 1.78 bits per heavy atom. The van der Waals surface area contributed by atoms with Crippen LogP contribution in [0.25, 0.3) is 0 Å². The fourth-order valence-corrected chi connectivity index (χ4v) is 5.54. The van der Waals surface area contributed by atoms with Crippen LogP contribution in [0.4, 0.5) is 0 Å². The Bertz CT molecular complexity index is 835. The van der Waals surface area contributed by atoms with E-state index in [4.69, 9.17) is 4.74 Å². The molecule has 0 amide bonds. The summed E-state index contributed by atoms with van der Waals surface area (Å²) in [5.74, 6) is 0.845. The Hall–Kier alpha value is -1.89. The number of rotatable bonds is 3. The predicted octanol–water partition coefficient (Wildman–Crippen LogP) is 2.97. The molecule has 7 heteroatoms. The van der Waals surface area contributed by atoms with E-state index in [1.54, 1.807) is 18.2 Å². The van der Waals surface area contributed by atoms with E-state index in [2.05, 4.69) is 4.40 Å². The van der Waals surface area contributed by atoms with Gasteiger partial charge in [-0.3, -0.25) is 4.79 Å². The van der Waals surface area contributed by atoms with Crippen molar-refractivity contribution >= 4 is 21.8 Å². The second-order valence-electron chi connectivity index (χ2n) is 7.78. The predicted molar refractivity (Wildman–Crippen MR) is 102 cm³/mol. The molecule has 6 nitrogen and oxygen atoms in total. The molecule has 1 aromatic rings. The van der Waals surface area contributed by atoms with Crippen LogP contribution in [0.2, 0.25) is 0 Å². The summed E-state index contributed by atoms with van der Waals surface area (Å²) in [6.07, 6.45) is 7.46. The van der Waals surface area contributed by atoms with Crippen LogP contribution in [0.1, 0.15) is 50.5 Å². The average Bonchev–Trinajstić information content (AvgIpc) is 2.98. The van der Waals surface area contributed by atoms with Crippen molar-refractivity contribution in [1.82, 2.24) is 4.90 Å². The first-order valence-electron chi connectivity index (χ1n) is 9.90. The summed E-state index contributed by atoms with van der Waals surface area (Å²) >= 11 is 0. The second kappa shape index (κ2) is 7.62. The van der Waals surface area contributed by atoms with Gasteiger partial charge in [-0.25, -0.2) is 0 Å². The molecular formula is C20H26N2O4S. The molecule has 1 saturated heterocycles. The lowest BCUT2D eigenvalue weighted by Crippen LogP contribution is -2.40. The summed E-state index contributed by atoms with van der Waals surface area (Å²) in [5, 5.41) is 0. The van der Waals surface area contributed by atoms with Crippen LogP contribution in [0.3, 0.4) is 0 Å². The number of sulfonamides is 1. The maximum absolute atomic E-state index is 12.4. The second-order valence-corrected chi connectivity index (χ2v) is 9.35. The van der Waals surface area contributed by atoms with Gasteiger partial charge >= 0.3 is 5.97 Å². The van der Waals surface area contributed by atoms with Gasteiger partial charge in [-0.15, -0.1) is 4.40 Å². The number of esters is 1. The van der Waals surface area contributed by atoms with Crippen molar-refractivity contribution in [2.45, 2.75) is 49.8 Å². The summed E-state index contributed by atoms with van der Waals surface area (Å²) in [4.78, 5) is 14.7. The monoisotopic (exact) mass is 390 g/mol. The summed E-state index contributed by atoms with van der Waals surface area (Å²) in [6, 6.07) is 6.92. The molecule has 146 valence electrons. The fraction of sp³-hybridized carbons (Fsp3) is 0.600. The molecule has 1 aromatic carbocycles. The lowest BCUT2D eigenvalue weighted by Gasteiger charge is -2.32. The lowest BCUT2D eigenvalue weighted by atomic mass is 9.90. The molecule has 2 fully saturated rings. The zero-order chi connectivity index (χ0) is 18.9. The zero-order valence-electron chi connectivity index (χ0n) is 15.5. The Kier molecular flexibility index (Phi) is 5.21. The molecule has 0 bridgehead atoms. The van der Waals surface area contributed by atoms with Crippen molar-refractivity contribution in [2.75, 3.05) is 19.7 Å². The summed E-state index contributed by atoms with van der Waals surface area (Å²) in [7, 11) is -3.60. The number of carbonyl (C=O) groups excluding carboxylic acids is 1. The van der Waals surface area contributed by atoms with Crippen LogP contribution >= 0.6 is 0 Å². The van der Waals surface area contributed by atoms with Gasteiger partial charge in [0.1, 0.15) is 4.90 Å². The fourth-order valence-electron chi connectivity index (χ4n) is 4.32. The van der Waals surface area contributed by atoms with Crippen molar-refractivity contribution in [3.63, 3.8) is 0 Å². The third-order valence-electron chi connectivity index (χ3n) is 5.93. The maximum atomic E-state index is 12.4. The van der Waals surface area contributed by atoms with Gasteiger partial charge in [0.25, 0.3) is 10.0 Å². The van der Waals surface area contributed by atoms with Crippen molar-refractivity contribution in [3.05, 3.63) is 29.8 Å². The van der Waals surface area contributed by atoms with Crippen LogP contribution in [0.15, 0.2) is 33.6 Å². The summed E-state index contributed by atoms with van der Waals surface area (Å²) < 4.78 is 34.0. The number of amidine groups is 1. The largest absolute Gasteiger partial charge is 0.465 e. The molecule has 0 spiro atoms. The van der Waals surface area contributed by atoms with Crippen molar-refractivity contribution in [1.29, 1.82) is 0 Å². The summed E-state index contributed by atoms with van der Waals surface area (Å²) in [6.45, 7) is 1.79. The van der Waals surface area contributed by atoms with Crippen LogP contribution in [0.5, 0.6) is 0 Å². The van der Waals surface area contributed by atoms with Crippen LogP contribution in [-0.2, 0) is 19.6 Å². The van der Waals surface area contributed by atoms with Gasteiger partial charge in [-0.05, 0) is 43.7 Å². The highest BCUT2D eigenvalue weighted by Gasteiger charge is 2.34. The zero-order valence-corrected chi connectivity index (χ0v) is 16.3. The molecule has 0 atom stereocenters. The van der Waals surface area contributed by atoms with E-state index >= 15 is 0 Å². The van der Waals surface area contributed by atoms with Crippen LogP contribution < -0.4 is 0 Å². The van der Waals surface area contributed by atoms with E-state index in [9.17, 15) is 13.2 Å². The number of hydrogen-bond acceptors (Lipinski definition) is 5. The third kappa shape index (κ3) is 3.88. The molecule has 0 radical (unpaired) electrons. The summed E-state index contributed by atoms with van der Waals surface area (Å²) in [5.41, 5.74) is 0.663. The quantitative estimate of drug-likeness (QED) is 0.742. The first kappa shape index (κ1) is 18.5. The Labute approximate surface area is 160 Å².